The number of aromatic nitrogens is 2. The molecule has 3 rings (SSSR count). The SMILES string of the molecule is Cn1c([N+](=O)[O-])nc(-c2ccccc2)c1-c1ccccc1. The van der Waals surface area contributed by atoms with Crippen molar-refractivity contribution in [1.82, 2.24) is 9.55 Å². The molecule has 0 saturated heterocycles. The summed E-state index contributed by atoms with van der Waals surface area (Å²) >= 11 is 0. The Kier molecular flexibility index (Phi) is 3.23. The summed E-state index contributed by atoms with van der Waals surface area (Å²) in [5, 5.41) is 11.2. The van der Waals surface area contributed by atoms with Gasteiger partial charge in [0.05, 0.1) is 7.05 Å². The van der Waals surface area contributed by atoms with Gasteiger partial charge >= 0.3 is 5.95 Å². The van der Waals surface area contributed by atoms with Crippen LogP contribution in [0.2, 0.25) is 0 Å². The minimum Gasteiger partial charge on any atom is -0.390 e. The first-order chi connectivity index (χ1) is 10.2. The van der Waals surface area contributed by atoms with Crippen LogP contribution in [-0.4, -0.2) is 14.5 Å². The lowest BCUT2D eigenvalue weighted by molar-refractivity contribution is -0.396. The van der Waals surface area contributed by atoms with Gasteiger partial charge in [-0.05, 0) is 4.92 Å². The van der Waals surface area contributed by atoms with Crippen molar-refractivity contribution in [2.75, 3.05) is 0 Å². The molecular weight excluding hydrogens is 266 g/mol. The summed E-state index contributed by atoms with van der Waals surface area (Å²) in [6, 6.07) is 19.1. The Bertz CT molecular complexity index is 780. The molecule has 0 aliphatic heterocycles. The van der Waals surface area contributed by atoms with Gasteiger partial charge in [0.15, 0.2) is 11.4 Å². The molecule has 0 unspecified atom stereocenters. The lowest BCUT2D eigenvalue weighted by Crippen LogP contribution is -1.99. The van der Waals surface area contributed by atoms with Crippen molar-refractivity contribution in [3.05, 3.63) is 70.8 Å². The van der Waals surface area contributed by atoms with Crippen LogP contribution < -0.4 is 0 Å². The van der Waals surface area contributed by atoms with E-state index in [1.54, 1.807) is 7.05 Å². The topological polar surface area (TPSA) is 61.0 Å². The number of rotatable bonds is 3. The third kappa shape index (κ3) is 2.29. The Labute approximate surface area is 121 Å². The van der Waals surface area contributed by atoms with Gasteiger partial charge in [-0.3, -0.25) is 0 Å². The minimum absolute atomic E-state index is 0.160. The molecule has 5 nitrogen and oxygen atoms in total. The molecule has 21 heavy (non-hydrogen) atoms. The molecule has 104 valence electrons. The van der Waals surface area contributed by atoms with Gasteiger partial charge in [-0.1, -0.05) is 65.6 Å². The maximum atomic E-state index is 11.2. The predicted molar refractivity (Wildman–Crippen MR) is 80.7 cm³/mol. The van der Waals surface area contributed by atoms with E-state index in [-0.39, 0.29) is 5.95 Å². The molecule has 0 aliphatic rings. The highest BCUT2D eigenvalue weighted by atomic mass is 16.6. The standard InChI is InChI=1S/C16H13N3O2/c1-18-15(13-10-6-3-7-11-13)14(17-16(18)19(20)21)12-8-4-2-5-9-12/h2-11H,1H3. The van der Waals surface area contributed by atoms with Crippen LogP contribution in [0.4, 0.5) is 5.95 Å². The van der Waals surface area contributed by atoms with Crippen molar-refractivity contribution < 1.29 is 4.92 Å². The molecule has 0 aliphatic carbocycles. The van der Waals surface area contributed by atoms with E-state index >= 15 is 0 Å². The minimum atomic E-state index is -0.459. The summed E-state index contributed by atoms with van der Waals surface area (Å²) in [5.74, 6) is -0.160. The Morgan fingerprint density at radius 3 is 2.00 bits per heavy atom. The van der Waals surface area contributed by atoms with Crippen LogP contribution >= 0.6 is 0 Å². The van der Waals surface area contributed by atoms with Crippen LogP contribution in [0.5, 0.6) is 0 Å². The Morgan fingerprint density at radius 2 is 1.48 bits per heavy atom. The quantitative estimate of drug-likeness (QED) is 0.543. The molecule has 1 heterocycles. The van der Waals surface area contributed by atoms with Gasteiger partial charge in [-0.15, -0.1) is 0 Å². The van der Waals surface area contributed by atoms with Crippen molar-refractivity contribution in [3.63, 3.8) is 0 Å². The molecule has 0 amide bonds. The van der Waals surface area contributed by atoms with E-state index in [4.69, 9.17) is 0 Å². The molecule has 2 aromatic carbocycles. The summed E-state index contributed by atoms with van der Waals surface area (Å²) in [5.41, 5.74) is 3.13. The van der Waals surface area contributed by atoms with E-state index in [1.165, 1.54) is 4.57 Å². The lowest BCUT2D eigenvalue weighted by Gasteiger charge is -2.02. The Hall–Kier alpha value is -2.95. The normalized spacial score (nSPS) is 10.5. The van der Waals surface area contributed by atoms with E-state index in [9.17, 15) is 10.1 Å². The maximum absolute atomic E-state index is 11.2. The van der Waals surface area contributed by atoms with Crippen molar-refractivity contribution in [1.29, 1.82) is 0 Å². The van der Waals surface area contributed by atoms with Crippen molar-refractivity contribution in [2.24, 2.45) is 7.05 Å². The molecule has 0 radical (unpaired) electrons. The summed E-state index contributed by atoms with van der Waals surface area (Å²) in [6.45, 7) is 0. The molecule has 0 N–H and O–H groups in total. The van der Waals surface area contributed by atoms with Crippen molar-refractivity contribution >= 4 is 5.95 Å². The van der Waals surface area contributed by atoms with Crippen LogP contribution in [0, 0.1) is 10.1 Å². The van der Waals surface area contributed by atoms with Gasteiger partial charge in [0.1, 0.15) is 0 Å². The molecule has 0 bridgehead atoms. The number of hydrogen-bond acceptors (Lipinski definition) is 3. The first-order valence-electron chi connectivity index (χ1n) is 6.50. The average Bonchev–Trinajstić information content (AvgIpc) is 2.87. The van der Waals surface area contributed by atoms with Crippen molar-refractivity contribution in [3.8, 4) is 22.5 Å². The number of nitro groups is 1. The summed E-state index contributed by atoms with van der Waals surface area (Å²) < 4.78 is 1.53. The van der Waals surface area contributed by atoms with E-state index in [0.29, 0.717) is 5.69 Å². The van der Waals surface area contributed by atoms with Crippen LogP contribution in [-0.2, 0) is 7.05 Å². The summed E-state index contributed by atoms with van der Waals surface area (Å²) in [6.07, 6.45) is 0. The monoisotopic (exact) mass is 279 g/mol. The third-order valence-electron chi connectivity index (χ3n) is 3.33. The van der Waals surface area contributed by atoms with E-state index in [2.05, 4.69) is 4.98 Å². The fraction of sp³-hybridized carbons (Fsp3) is 0.0625. The molecule has 0 fully saturated rings. The second-order valence-corrected chi connectivity index (χ2v) is 4.66. The zero-order valence-electron chi connectivity index (χ0n) is 11.4. The maximum Gasteiger partial charge on any atom is 0.435 e. The summed E-state index contributed by atoms with van der Waals surface area (Å²) in [4.78, 5) is 14.9. The Morgan fingerprint density at radius 1 is 0.952 bits per heavy atom. The van der Waals surface area contributed by atoms with Crippen molar-refractivity contribution in [2.45, 2.75) is 0 Å². The van der Waals surface area contributed by atoms with Gasteiger partial charge in [0, 0.05) is 11.1 Å². The number of benzene rings is 2. The Balaban J connectivity index is 2.29. The number of nitrogens with zero attached hydrogens (tertiary/aromatic N) is 3. The highest BCUT2D eigenvalue weighted by molar-refractivity contribution is 5.79. The van der Waals surface area contributed by atoms with Crippen LogP contribution in [0.15, 0.2) is 60.7 Å². The molecule has 1 aromatic heterocycles. The third-order valence-corrected chi connectivity index (χ3v) is 3.33. The van der Waals surface area contributed by atoms with Gasteiger partial charge in [0.2, 0.25) is 0 Å². The molecule has 3 aromatic rings. The second kappa shape index (κ2) is 5.20. The summed E-state index contributed by atoms with van der Waals surface area (Å²) in [7, 11) is 1.67. The smallest absolute Gasteiger partial charge is 0.390 e. The van der Waals surface area contributed by atoms with Gasteiger partial charge < -0.3 is 10.1 Å². The molecule has 0 spiro atoms. The molecular formula is C16H13N3O2. The average molecular weight is 279 g/mol. The first kappa shape index (κ1) is 13.1. The van der Waals surface area contributed by atoms with Gasteiger partial charge in [-0.25, -0.2) is 4.57 Å². The zero-order chi connectivity index (χ0) is 14.8. The second-order valence-electron chi connectivity index (χ2n) is 4.66. The molecule has 0 saturated carbocycles. The first-order valence-corrected chi connectivity index (χ1v) is 6.50. The van der Waals surface area contributed by atoms with E-state index < -0.39 is 4.92 Å². The zero-order valence-corrected chi connectivity index (χ0v) is 11.4. The molecule has 5 heteroatoms. The predicted octanol–water partition coefficient (Wildman–Crippen LogP) is 3.66. The lowest BCUT2D eigenvalue weighted by atomic mass is 10.1. The molecule has 0 atom stereocenters. The highest BCUT2D eigenvalue weighted by Gasteiger charge is 2.26. The largest absolute Gasteiger partial charge is 0.435 e. The van der Waals surface area contributed by atoms with Crippen LogP contribution in [0.1, 0.15) is 0 Å². The van der Waals surface area contributed by atoms with Crippen LogP contribution in [0.25, 0.3) is 22.5 Å². The fourth-order valence-electron chi connectivity index (χ4n) is 2.37. The van der Waals surface area contributed by atoms with Gasteiger partial charge in [0.25, 0.3) is 0 Å². The van der Waals surface area contributed by atoms with Gasteiger partial charge in [-0.2, -0.15) is 0 Å². The fourth-order valence-corrected chi connectivity index (χ4v) is 2.37. The highest BCUT2D eigenvalue weighted by Crippen LogP contribution is 2.34. The van der Waals surface area contributed by atoms with E-state index in [0.717, 1.165) is 16.8 Å². The number of hydrogen-bond donors (Lipinski definition) is 0. The van der Waals surface area contributed by atoms with Crippen LogP contribution in [0.3, 0.4) is 0 Å². The van der Waals surface area contributed by atoms with E-state index in [1.807, 2.05) is 60.7 Å². The number of imidazole rings is 1.